The number of esters is 1. The summed E-state index contributed by atoms with van der Waals surface area (Å²) >= 11 is 0. The Hall–Kier alpha value is -1.38. The van der Waals surface area contributed by atoms with Crippen molar-refractivity contribution in [2.45, 2.75) is 180 Å². The first-order valence-electron chi connectivity index (χ1n) is 18.0. The summed E-state index contributed by atoms with van der Waals surface area (Å²) in [5.41, 5.74) is 0. The second-order valence-electron chi connectivity index (χ2n) is 12.2. The topological polar surface area (TPSA) is 114 Å². The fourth-order valence-electron chi connectivity index (χ4n) is 5.01. The Kier molecular flexibility index (Phi) is 32.4. The van der Waals surface area contributed by atoms with Gasteiger partial charge in [-0.3, -0.25) is 4.79 Å². The Balaban J connectivity index is 3.48. The summed E-state index contributed by atoms with van der Waals surface area (Å²) in [6, 6.07) is 0. The first-order valence-corrected chi connectivity index (χ1v) is 18.0. The molecule has 0 saturated carbocycles. The van der Waals surface area contributed by atoms with Crippen molar-refractivity contribution in [1.29, 1.82) is 0 Å². The van der Waals surface area contributed by atoms with E-state index in [1.807, 2.05) is 0 Å². The Morgan fingerprint density at radius 3 is 1.33 bits per heavy atom. The van der Waals surface area contributed by atoms with Gasteiger partial charge in [0.1, 0.15) is 25.4 Å². The van der Waals surface area contributed by atoms with E-state index in [0.29, 0.717) is 13.0 Å². The Bertz CT molecular complexity index is 605. The van der Waals surface area contributed by atoms with Crippen LogP contribution in [0.2, 0.25) is 0 Å². The average molecular weight is 616 g/mol. The van der Waals surface area contributed by atoms with Gasteiger partial charge in [-0.15, -0.1) is 0 Å². The van der Waals surface area contributed by atoms with Gasteiger partial charge in [0.2, 0.25) is 0 Å². The summed E-state index contributed by atoms with van der Waals surface area (Å²) in [6.07, 6.45) is 26.5. The van der Waals surface area contributed by atoms with Crippen molar-refractivity contribution in [2.75, 3.05) is 33.0 Å². The molecule has 0 aliphatic rings. The molecule has 0 aromatic rings. The highest BCUT2D eigenvalue weighted by Gasteiger charge is 2.12. The third kappa shape index (κ3) is 33.4. The van der Waals surface area contributed by atoms with Crippen LogP contribution in [-0.2, 0) is 19.0 Å². The van der Waals surface area contributed by atoms with Crippen LogP contribution in [0.5, 0.6) is 0 Å². The molecule has 0 spiro atoms. The molecule has 2 atom stereocenters. The van der Waals surface area contributed by atoms with Crippen LogP contribution in [0.3, 0.4) is 0 Å². The number of hydrogen-bond acceptors (Lipinski definition) is 7. The summed E-state index contributed by atoms with van der Waals surface area (Å²) in [5.74, 6) is -0.307. The lowest BCUT2D eigenvalue weighted by Gasteiger charge is -2.15. The number of rotatable bonds is 33. The lowest BCUT2D eigenvalue weighted by molar-refractivity contribution is -0.148. The van der Waals surface area contributed by atoms with Gasteiger partial charge in [0, 0.05) is 13.0 Å². The Morgan fingerprint density at radius 2 is 0.884 bits per heavy atom. The Labute approximate surface area is 264 Å². The van der Waals surface area contributed by atoms with Gasteiger partial charge >= 0.3 is 12.1 Å². The zero-order valence-corrected chi connectivity index (χ0v) is 28.1. The molecule has 1 amide bonds. The van der Waals surface area contributed by atoms with Crippen LogP contribution >= 0.6 is 0 Å². The number of nitrogens with one attached hydrogen (secondary N) is 1. The molecule has 256 valence electrons. The van der Waals surface area contributed by atoms with Crippen molar-refractivity contribution in [3.8, 4) is 0 Å². The summed E-state index contributed by atoms with van der Waals surface area (Å²) in [6.45, 7) is 4.57. The molecule has 8 heteroatoms. The summed E-state index contributed by atoms with van der Waals surface area (Å²) in [5, 5.41) is 22.6. The second kappa shape index (κ2) is 33.5. The molecule has 0 aromatic heterocycles. The maximum atomic E-state index is 11.9. The van der Waals surface area contributed by atoms with Gasteiger partial charge in [-0.2, -0.15) is 0 Å². The summed E-state index contributed by atoms with van der Waals surface area (Å²) in [4.78, 5) is 23.7. The molecule has 0 aromatic carbocycles. The van der Waals surface area contributed by atoms with Crippen molar-refractivity contribution in [3.05, 3.63) is 0 Å². The fourth-order valence-corrected chi connectivity index (χ4v) is 5.01. The normalized spacial score (nSPS) is 12.7. The van der Waals surface area contributed by atoms with E-state index in [4.69, 9.17) is 14.2 Å². The number of ether oxygens (including phenoxy) is 3. The Morgan fingerprint density at radius 1 is 0.512 bits per heavy atom. The number of aliphatic hydroxyl groups is 2. The maximum absolute atomic E-state index is 11.9. The second-order valence-corrected chi connectivity index (χ2v) is 12.2. The molecule has 0 rings (SSSR count). The number of hydrogen-bond donors (Lipinski definition) is 3. The molecule has 0 radical (unpaired) electrons. The number of aliphatic hydroxyl groups excluding tert-OH is 2. The van der Waals surface area contributed by atoms with E-state index in [0.717, 1.165) is 32.1 Å². The van der Waals surface area contributed by atoms with Crippen LogP contribution in [0.1, 0.15) is 168 Å². The fraction of sp³-hybridized carbons (Fsp3) is 0.943. The van der Waals surface area contributed by atoms with Crippen molar-refractivity contribution in [1.82, 2.24) is 5.32 Å². The molecule has 0 fully saturated rings. The van der Waals surface area contributed by atoms with Crippen LogP contribution in [0.25, 0.3) is 0 Å². The number of carbonyl (C=O) groups is 2. The van der Waals surface area contributed by atoms with Gasteiger partial charge in [-0.25, -0.2) is 4.79 Å². The number of carbonyl (C=O) groups excluding carboxylic acids is 2. The molecular weight excluding hydrogens is 546 g/mol. The quantitative estimate of drug-likeness (QED) is 0.0502. The highest BCUT2D eigenvalue weighted by Crippen LogP contribution is 2.13. The predicted molar refractivity (Wildman–Crippen MR) is 175 cm³/mol. The summed E-state index contributed by atoms with van der Waals surface area (Å²) in [7, 11) is 0. The zero-order valence-electron chi connectivity index (χ0n) is 28.1. The van der Waals surface area contributed by atoms with Crippen LogP contribution in [0.15, 0.2) is 0 Å². The lowest BCUT2D eigenvalue weighted by atomic mass is 10.1. The lowest BCUT2D eigenvalue weighted by Crippen LogP contribution is -2.31. The highest BCUT2D eigenvalue weighted by molar-refractivity contribution is 5.69. The maximum Gasteiger partial charge on any atom is 0.407 e. The highest BCUT2D eigenvalue weighted by atomic mass is 16.6. The zero-order chi connectivity index (χ0) is 31.6. The monoisotopic (exact) mass is 616 g/mol. The molecule has 3 N–H and O–H groups in total. The first kappa shape index (κ1) is 41.6. The van der Waals surface area contributed by atoms with Gasteiger partial charge in [0.15, 0.2) is 0 Å². The minimum Gasteiger partial charge on any atom is -0.463 e. The number of amides is 1. The van der Waals surface area contributed by atoms with Crippen molar-refractivity contribution < 1.29 is 34.0 Å². The minimum atomic E-state index is -0.992. The minimum absolute atomic E-state index is 0.0755. The van der Waals surface area contributed by atoms with Crippen molar-refractivity contribution >= 4 is 12.1 Å². The van der Waals surface area contributed by atoms with Crippen LogP contribution in [0.4, 0.5) is 4.79 Å². The van der Waals surface area contributed by atoms with Crippen molar-refractivity contribution in [2.24, 2.45) is 0 Å². The van der Waals surface area contributed by atoms with E-state index in [2.05, 4.69) is 19.2 Å². The van der Waals surface area contributed by atoms with Crippen molar-refractivity contribution in [3.63, 3.8) is 0 Å². The van der Waals surface area contributed by atoms with Crippen LogP contribution < -0.4 is 5.32 Å². The molecule has 43 heavy (non-hydrogen) atoms. The molecule has 0 aliphatic heterocycles. The smallest absolute Gasteiger partial charge is 0.407 e. The third-order valence-corrected chi connectivity index (χ3v) is 7.75. The van der Waals surface area contributed by atoms with E-state index in [1.54, 1.807) is 0 Å². The van der Waals surface area contributed by atoms with Crippen LogP contribution in [-0.4, -0.2) is 67.5 Å². The first-order chi connectivity index (χ1) is 21.0. The molecular formula is C35H69NO7. The molecule has 0 saturated heterocycles. The van der Waals surface area contributed by atoms with Crippen LogP contribution in [0, 0.1) is 0 Å². The van der Waals surface area contributed by atoms with Gasteiger partial charge < -0.3 is 29.7 Å². The number of unbranched alkanes of at least 4 members (excludes halogenated alkanes) is 21. The number of alkyl carbamates (subject to hydrolysis) is 1. The average Bonchev–Trinajstić information content (AvgIpc) is 3.00. The summed E-state index contributed by atoms with van der Waals surface area (Å²) < 4.78 is 15.4. The van der Waals surface area contributed by atoms with E-state index in [9.17, 15) is 19.8 Å². The SMILES string of the molecule is CCCCCCCCCCCCCCNC(=O)OCC(O)COCC(O)COC(=O)CCCCCCCCCCCCC. The predicted octanol–water partition coefficient (Wildman–Crippen LogP) is 8.40. The van der Waals surface area contributed by atoms with E-state index in [-0.39, 0.29) is 32.4 Å². The molecule has 0 aliphatic carbocycles. The van der Waals surface area contributed by atoms with Gasteiger partial charge in [0.25, 0.3) is 0 Å². The van der Waals surface area contributed by atoms with Gasteiger partial charge in [0.05, 0.1) is 13.2 Å². The molecule has 0 heterocycles. The van der Waals surface area contributed by atoms with Gasteiger partial charge in [-0.05, 0) is 12.8 Å². The molecule has 0 bridgehead atoms. The molecule has 2 unspecified atom stereocenters. The third-order valence-electron chi connectivity index (χ3n) is 7.75. The van der Waals surface area contributed by atoms with E-state index in [1.165, 1.54) is 116 Å². The largest absolute Gasteiger partial charge is 0.463 e. The van der Waals surface area contributed by atoms with Gasteiger partial charge in [-0.1, -0.05) is 149 Å². The van der Waals surface area contributed by atoms with E-state index < -0.39 is 18.3 Å². The van der Waals surface area contributed by atoms with E-state index >= 15 is 0 Å². The standard InChI is InChI=1S/C35H69NO7/c1-3-5-7-9-11-13-15-17-19-21-23-25-27-36-35(40)43-31-33(38)29-41-28-32(37)30-42-34(39)26-24-22-20-18-16-14-12-10-8-6-4-2/h32-33,37-38H,3-31H2,1-2H3,(H,36,40). The molecule has 8 nitrogen and oxygen atoms in total.